The van der Waals surface area contributed by atoms with Crippen LogP contribution in [0.15, 0.2) is 23.7 Å². The van der Waals surface area contributed by atoms with Gasteiger partial charge in [-0.25, -0.2) is 4.98 Å². The van der Waals surface area contributed by atoms with E-state index in [1.165, 1.54) is 23.2 Å². The number of thiazole rings is 1. The van der Waals surface area contributed by atoms with E-state index in [-0.39, 0.29) is 0 Å². The zero-order valence-corrected chi connectivity index (χ0v) is 10.1. The van der Waals surface area contributed by atoms with Crippen molar-refractivity contribution >= 4 is 27.2 Å². The van der Waals surface area contributed by atoms with E-state index in [1.807, 2.05) is 5.51 Å². The molecule has 0 atom stereocenters. The van der Waals surface area contributed by atoms with Crippen molar-refractivity contribution < 1.29 is 0 Å². The lowest BCUT2D eigenvalue weighted by Gasteiger charge is -2.05. The second-order valence-electron chi connectivity index (χ2n) is 3.81. The number of rotatable bonds is 6. The Morgan fingerprint density at radius 2 is 2.19 bits per heavy atom. The molecule has 16 heavy (non-hydrogen) atoms. The van der Waals surface area contributed by atoms with Crippen molar-refractivity contribution in [3.63, 3.8) is 0 Å². The molecule has 0 saturated heterocycles. The fourth-order valence-corrected chi connectivity index (χ4v) is 2.36. The Hall–Kier alpha value is -1.13. The molecule has 0 aliphatic rings. The van der Waals surface area contributed by atoms with E-state index >= 15 is 0 Å². The minimum atomic E-state index is 0.798. The molecule has 1 heterocycles. The molecule has 1 aromatic carbocycles. The Balaban J connectivity index is 1.84. The third-order valence-corrected chi connectivity index (χ3v) is 3.33. The molecule has 0 fully saturated rings. The second-order valence-corrected chi connectivity index (χ2v) is 4.70. The number of nitrogens with two attached hydrogens (primary N) is 1. The van der Waals surface area contributed by atoms with Gasteiger partial charge in [-0.2, -0.15) is 0 Å². The summed E-state index contributed by atoms with van der Waals surface area (Å²) in [5, 5.41) is 3.42. The highest BCUT2D eigenvalue weighted by Crippen LogP contribution is 2.21. The molecule has 0 radical (unpaired) electrons. The van der Waals surface area contributed by atoms with E-state index in [2.05, 4.69) is 28.5 Å². The summed E-state index contributed by atoms with van der Waals surface area (Å²) in [4.78, 5) is 4.26. The maximum atomic E-state index is 5.45. The molecule has 0 bridgehead atoms. The van der Waals surface area contributed by atoms with Crippen LogP contribution in [0, 0.1) is 0 Å². The topological polar surface area (TPSA) is 50.9 Å². The predicted molar refractivity (Wildman–Crippen MR) is 71.0 cm³/mol. The van der Waals surface area contributed by atoms with Crippen LogP contribution < -0.4 is 11.1 Å². The zero-order valence-electron chi connectivity index (χ0n) is 9.28. The Morgan fingerprint density at radius 1 is 1.25 bits per heavy atom. The van der Waals surface area contributed by atoms with Crippen LogP contribution in [-0.4, -0.2) is 18.1 Å². The van der Waals surface area contributed by atoms with Crippen LogP contribution in [0.25, 0.3) is 10.2 Å². The van der Waals surface area contributed by atoms with E-state index in [0.29, 0.717) is 0 Å². The first-order valence-electron chi connectivity index (χ1n) is 5.67. The summed E-state index contributed by atoms with van der Waals surface area (Å²) in [6, 6.07) is 6.31. The van der Waals surface area contributed by atoms with Gasteiger partial charge in [0.1, 0.15) is 0 Å². The van der Waals surface area contributed by atoms with E-state index in [1.54, 1.807) is 11.3 Å². The van der Waals surface area contributed by atoms with Gasteiger partial charge in [0.15, 0.2) is 0 Å². The van der Waals surface area contributed by atoms with Gasteiger partial charge in [0.25, 0.3) is 0 Å². The van der Waals surface area contributed by atoms with Crippen molar-refractivity contribution in [2.24, 2.45) is 5.73 Å². The molecule has 0 saturated carbocycles. The van der Waals surface area contributed by atoms with Gasteiger partial charge in [-0.05, 0) is 37.6 Å². The molecule has 3 N–H and O–H groups in total. The number of nitrogens with zero attached hydrogens (tertiary/aromatic N) is 1. The average molecular weight is 235 g/mol. The quantitative estimate of drug-likeness (QED) is 0.757. The van der Waals surface area contributed by atoms with E-state index in [4.69, 9.17) is 5.73 Å². The summed E-state index contributed by atoms with van der Waals surface area (Å²) >= 11 is 1.68. The highest BCUT2D eigenvalue weighted by atomic mass is 32.1. The molecule has 2 aromatic rings. The largest absolute Gasteiger partial charge is 0.385 e. The molecule has 2 rings (SSSR count). The first kappa shape index (κ1) is 11.4. The lowest BCUT2D eigenvalue weighted by molar-refractivity contribution is 0.707. The van der Waals surface area contributed by atoms with Gasteiger partial charge in [0.05, 0.1) is 15.7 Å². The Labute approximate surface area is 99.7 Å². The normalized spacial score (nSPS) is 10.8. The van der Waals surface area contributed by atoms with Crippen LogP contribution in [0.3, 0.4) is 0 Å². The van der Waals surface area contributed by atoms with Crippen LogP contribution in [0.5, 0.6) is 0 Å². The smallest absolute Gasteiger partial charge is 0.0813 e. The fraction of sp³-hybridized carbons (Fsp3) is 0.417. The summed E-state index contributed by atoms with van der Waals surface area (Å²) < 4.78 is 1.24. The first-order valence-corrected chi connectivity index (χ1v) is 6.55. The predicted octanol–water partition coefficient (Wildman–Crippen LogP) is 2.84. The Kier molecular flexibility index (Phi) is 4.13. The van der Waals surface area contributed by atoms with Gasteiger partial charge in [-0.3, -0.25) is 0 Å². The van der Waals surface area contributed by atoms with Gasteiger partial charge in [0, 0.05) is 12.2 Å². The number of hydrogen-bond donors (Lipinski definition) is 2. The molecular formula is C12H17N3S. The SMILES string of the molecule is NCCCCCNc1ccc2ncsc2c1. The van der Waals surface area contributed by atoms with E-state index < -0.39 is 0 Å². The molecule has 1 aromatic heterocycles. The summed E-state index contributed by atoms with van der Waals surface area (Å²) in [6.45, 7) is 1.82. The number of hydrogen-bond acceptors (Lipinski definition) is 4. The Morgan fingerprint density at radius 3 is 3.06 bits per heavy atom. The van der Waals surface area contributed by atoms with Crippen LogP contribution >= 0.6 is 11.3 Å². The van der Waals surface area contributed by atoms with E-state index in [0.717, 1.165) is 25.0 Å². The highest BCUT2D eigenvalue weighted by molar-refractivity contribution is 7.16. The number of unbranched alkanes of at least 4 members (excludes halogenated alkanes) is 2. The van der Waals surface area contributed by atoms with Crippen LogP contribution in [0.1, 0.15) is 19.3 Å². The standard InChI is InChI=1S/C12H17N3S/c13-6-2-1-3-7-14-10-4-5-11-12(8-10)16-9-15-11/h4-5,8-9,14H,1-3,6-7,13H2. The summed E-state index contributed by atoms with van der Waals surface area (Å²) in [6.07, 6.45) is 3.50. The molecular weight excluding hydrogens is 218 g/mol. The van der Waals surface area contributed by atoms with Crippen molar-refractivity contribution in [2.45, 2.75) is 19.3 Å². The molecule has 0 unspecified atom stereocenters. The number of nitrogens with one attached hydrogen (secondary N) is 1. The van der Waals surface area contributed by atoms with Crippen molar-refractivity contribution in [1.29, 1.82) is 0 Å². The van der Waals surface area contributed by atoms with Gasteiger partial charge in [0.2, 0.25) is 0 Å². The minimum absolute atomic E-state index is 0.798. The highest BCUT2D eigenvalue weighted by Gasteiger charge is 1.97. The van der Waals surface area contributed by atoms with Gasteiger partial charge < -0.3 is 11.1 Å². The van der Waals surface area contributed by atoms with Crippen molar-refractivity contribution in [1.82, 2.24) is 4.98 Å². The second kappa shape index (κ2) is 5.82. The minimum Gasteiger partial charge on any atom is -0.385 e. The zero-order chi connectivity index (χ0) is 11.2. The maximum absolute atomic E-state index is 5.45. The number of benzene rings is 1. The first-order chi connectivity index (χ1) is 7.90. The molecule has 86 valence electrons. The van der Waals surface area contributed by atoms with Crippen molar-refractivity contribution in [3.05, 3.63) is 23.7 Å². The molecule has 3 nitrogen and oxygen atoms in total. The number of aromatic nitrogens is 1. The number of anilines is 1. The Bertz CT molecular complexity index is 439. The fourth-order valence-electron chi connectivity index (χ4n) is 1.64. The molecule has 0 aliphatic carbocycles. The third kappa shape index (κ3) is 2.93. The van der Waals surface area contributed by atoms with E-state index in [9.17, 15) is 0 Å². The third-order valence-electron chi connectivity index (χ3n) is 2.54. The summed E-state index contributed by atoms with van der Waals surface area (Å²) in [5.74, 6) is 0. The van der Waals surface area contributed by atoms with Crippen LogP contribution in [0.2, 0.25) is 0 Å². The monoisotopic (exact) mass is 235 g/mol. The lowest BCUT2D eigenvalue weighted by Crippen LogP contribution is -2.03. The molecule has 0 amide bonds. The van der Waals surface area contributed by atoms with Crippen LogP contribution in [0.4, 0.5) is 5.69 Å². The van der Waals surface area contributed by atoms with Crippen LogP contribution in [-0.2, 0) is 0 Å². The lowest BCUT2D eigenvalue weighted by atomic mass is 10.2. The summed E-state index contributed by atoms with van der Waals surface area (Å²) in [5.41, 5.74) is 9.60. The maximum Gasteiger partial charge on any atom is 0.0813 e. The molecule has 0 spiro atoms. The van der Waals surface area contributed by atoms with Gasteiger partial charge in [-0.15, -0.1) is 11.3 Å². The molecule has 4 heteroatoms. The molecule has 0 aliphatic heterocycles. The van der Waals surface area contributed by atoms with Gasteiger partial charge in [-0.1, -0.05) is 6.42 Å². The number of fused-ring (bicyclic) bond motifs is 1. The van der Waals surface area contributed by atoms with Gasteiger partial charge >= 0.3 is 0 Å². The summed E-state index contributed by atoms with van der Waals surface area (Å²) in [7, 11) is 0. The van der Waals surface area contributed by atoms with Crippen molar-refractivity contribution in [3.8, 4) is 0 Å². The van der Waals surface area contributed by atoms with Crippen molar-refractivity contribution in [2.75, 3.05) is 18.4 Å². The average Bonchev–Trinajstić information content (AvgIpc) is 2.76.